The number of nitrogens with one attached hydrogen (secondary N) is 1. The van der Waals surface area contributed by atoms with Crippen molar-refractivity contribution in [3.63, 3.8) is 0 Å². The van der Waals surface area contributed by atoms with Gasteiger partial charge in [0.2, 0.25) is 10.0 Å². The average Bonchev–Trinajstić information content (AvgIpc) is 2.78. The highest BCUT2D eigenvalue weighted by Gasteiger charge is 2.25. The van der Waals surface area contributed by atoms with E-state index in [4.69, 9.17) is 0 Å². The highest BCUT2D eigenvalue weighted by Crippen LogP contribution is 2.20. The maximum absolute atomic E-state index is 13.4. The molecule has 0 spiro atoms. The number of aromatic amines is 1. The molecule has 0 saturated carbocycles. The molecule has 4 aromatic rings. The summed E-state index contributed by atoms with van der Waals surface area (Å²) in [5.41, 5.74) is 2.73. The van der Waals surface area contributed by atoms with E-state index in [9.17, 15) is 17.6 Å². The van der Waals surface area contributed by atoms with Crippen LogP contribution in [0.15, 0.2) is 88.6 Å². The molecule has 7 heteroatoms. The van der Waals surface area contributed by atoms with E-state index >= 15 is 0 Å². The zero-order valence-electron chi connectivity index (χ0n) is 17.6. The van der Waals surface area contributed by atoms with Crippen LogP contribution in [-0.2, 0) is 23.0 Å². The number of H-pyrrole nitrogens is 1. The Bertz CT molecular complexity index is 1400. The maximum Gasteiger partial charge on any atom is 0.252 e. The number of halogens is 1. The fourth-order valence-electron chi connectivity index (χ4n) is 3.62. The molecule has 1 heterocycles. The minimum Gasteiger partial charge on any atom is -0.322 e. The fraction of sp³-hybridized carbons (Fsp3) is 0.160. The molecule has 0 aliphatic rings. The number of benzene rings is 3. The lowest BCUT2D eigenvalue weighted by Gasteiger charge is -2.22. The number of nitrogens with zero attached hydrogens (tertiary/aromatic N) is 1. The maximum atomic E-state index is 13.4. The number of aromatic nitrogens is 1. The van der Waals surface area contributed by atoms with Crippen molar-refractivity contribution in [2.24, 2.45) is 0 Å². The lowest BCUT2D eigenvalue weighted by molar-refractivity contribution is 0.408. The van der Waals surface area contributed by atoms with Crippen LogP contribution in [0.4, 0.5) is 4.39 Å². The summed E-state index contributed by atoms with van der Waals surface area (Å²) in [7, 11) is -3.95. The van der Waals surface area contributed by atoms with Crippen molar-refractivity contribution in [2.75, 3.05) is 6.54 Å². The lowest BCUT2D eigenvalue weighted by atomic mass is 10.1. The van der Waals surface area contributed by atoms with Gasteiger partial charge in [-0.2, -0.15) is 4.31 Å². The molecule has 0 amide bonds. The second-order valence-corrected chi connectivity index (χ2v) is 9.68. The van der Waals surface area contributed by atoms with Crippen LogP contribution in [0.25, 0.3) is 10.9 Å². The Labute approximate surface area is 186 Å². The normalized spacial score (nSPS) is 11.8. The summed E-state index contributed by atoms with van der Waals surface area (Å²) < 4.78 is 41.4. The van der Waals surface area contributed by atoms with Gasteiger partial charge in [0, 0.05) is 24.2 Å². The molecule has 1 aromatic heterocycles. The Morgan fingerprint density at radius 1 is 0.938 bits per heavy atom. The number of sulfonamides is 1. The largest absolute Gasteiger partial charge is 0.322 e. The van der Waals surface area contributed by atoms with Crippen LogP contribution in [0.2, 0.25) is 0 Å². The molecule has 5 nitrogen and oxygen atoms in total. The lowest BCUT2D eigenvalue weighted by Crippen LogP contribution is -2.34. The molecule has 0 bridgehead atoms. The standard InChI is InChI=1S/C25H23FN2O3S/c1-18-7-12-24-20(15-18)16-21(25(29)27-24)17-28(14-13-19-5-3-2-4-6-19)32(30,31)23-10-8-22(26)9-11-23/h2-12,15-16H,13-14,17H2,1H3,(H,27,29). The van der Waals surface area contributed by atoms with Gasteiger partial charge in [0.1, 0.15) is 5.82 Å². The van der Waals surface area contributed by atoms with E-state index in [0.29, 0.717) is 17.5 Å². The summed E-state index contributed by atoms with van der Waals surface area (Å²) in [5, 5.41) is 0.835. The van der Waals surface area contributed by atoms with E-state index in [-0.39, 0.29) is 23.5 Å². The van der Waals surface area contributed by atoms with E-state index in [1.807, 2.05) is 55.5 Å². The molecule has 4 rings (SSSR count). The summed E-state index contributed by atoms with van der Waals surface area (Å²) in [6, 6.07) is 21.7. The quantitative estimate of drug-likeness (QED) is 0.453. The Morgan fingerprint density at radius 2 is 1.66 bits per heavy atom. The number of rotatable bonds is 7. The van der Waals surface area contributed by atoms with Gasteiger partial charge < -0.3 is 4.98 Å². The van der Waals surface area contributed by atoms with Gasteiger partial charge in [-0.25, -0.2) is 12.8 Å². The van der Waals surface area contributed by atoms with Crippen LogP contribution in [0.3, 0.4) is 0 Å². The number of hydrogen-bond acceptors (Lipinski definition) is 3. The van der Waals surface area contributed by atoms with E-state index < -0.39 is 15.8 Å². The third-order valence-electron chi connectivity index (χ3n) is 5.37. The number of aryl methyl sites for hydroxylation is 1. The minimum absolute atomic E-state index is 0.0139. The highest BCUT2D eigenvalue weighted by molar-refractivity contribution is 7.89. The van der Waals surface area contributed by atoms with Crippen LogP contribution in [-0.4, -0.2) is 24.3 Å². The number of pyridine rings is 1. The van der Waals surface area contributed by atoms with Gasteiger partial charge in [0.25, 0.3) is 5.56 Å². The molecule has 164 valence electrons. The topological polar surface area (TPSA) is 70.2 Å². The molecule has 0 saturated heterocycles. The van der Waals surface area contributed by atoms with Gasteiger partial charge in [-0.3, -0.25) is 4.79 Å². The summed E-state index contributed by atoms with van der Waals surface area (Å²) in [6.45, 7) is 2.04. The highest BCUT2D eigenvalue weighted by atomic mass is 32.2. The predicted octanol–water partition coefficient (Wildman–Crippen LogP) is 4.41. The fourth-order valence-corrected chi connectivity index (χ4v) is 5.04. The van der Waals surface area contributed by atoms with Gasteiger partial charge in [-0.15, -0.1) is 0 Å². The second-order valence-electron chi connectivity index (χ2n) is 7.74. The molecule has 0 radical (unpaired) electrons. The minimum atomic E-state index is -3.95. The number of hydrogen-bond donors (Lipinski definition) is 1. The molecular weight excluding hydrogens is 427 g/mol. The Balaban J connectivity index is 1.71. The summed E-state index contributed by atoms with van der Waals surface area (Å²) in [5.74, 6) is -0.513. The molecule has 3 aromatic carbocycles. The van der Waals surface area contributed by atoms with E-state index in [0.717, 1.165) is 28.6 Å². The van der Waals surface area contributed by atoms with Crippen molar-refractivity contribution in [2.45, 2.75) is 24.8 Å². The van der Waals surface area contributed by atoms with Gasteiger partial charge in [0.05, 0.1) is 4.90 Å². The smallest absolute Gasteiger partial charge is 0.252 e. The summed E-state index contributed by atoms with van der Waals surface area (Å²) in [4.78, 5) is 15.5. The molecular formula is C25H23FN2O3S. The third-order valence-corrected chi connectivity index (χ3v) is 7.23. The zero-order valence-corrected chi connectivity index (χ0v) is 18.4. The average molecular weight is 451 g/mol. The van der Waals surface area contributed by atoms with Gasteiger partial charge in [-0.05, 0) is 66.8 Å². The van der Waals surface area contributed by atoms with E-state index in [1.54, 1.807) is 6.07 Å². The molecule has 32 heavy (non-hydrogen) atoms. The third kappa shape index (κ3) is 4.79. The van der Waals surface area contributed by atoms with Crippen LogP contribution in [0.5, 0.6) is 0 Å². The first-order valence-electron chi connectivity index (χ1n) is 10.3. The molecule has 0 atom stereocenters. The first-order chi connectivity index (χ1) is 15.3. The van der Waals surface area contributed by atoms with Crippen molar-refractivity contribution in [3.05, 3.63) is 112 Å². The summed E-state index contributed by atoms with van der Waals surface area (Å²) in [6.07, 6.45) is 0.478. The molecule has 0 unspecified atom stereocenters. The van der Waals surface area contributed by atoms with Gasteiger partial charge in [-0.1, -0.05) is 42.0 Å². The Kier molecular flexibility index (Phi) is 6.21. The van der Waals surface area contributed by atoms with Gasteiger partial charge >= 0.3 is 0 Å². The number of fused-ring (bicyclic) bond motifs is 1. The molecule has 0 aliphatic heterocycles. The first kappa shape index (κ1) is 21.9. The van der Waals surface area contributed by atoms with Crippen LogP contribution in [0, 0.1) is 12.7 Å². The van der Waals surface area contributed by atoms with Crippen molar-refractivity contribution in [3.8, 4) is 0 Å². The molecule has 0 fully saturated rings. The van der Waals surface area contributed by atoms with Gasteiger partial charge in [0.15, 0.2) is 0 Å². The SMILES string of the molecule is Cc1ccc2[nH]c(=O)c(CN(CCc3ccccc3)S(=O)(=O)c3ccc(F)cc3)cc2c1. The second kappa shape index (κ2) is 9.06. The van der Waals surface area contributed by atoms with Crippen LogP contribution in [0.1, 0.15) is 16.7 Å². The van der Waals surface area contributed by atoms with Crippen molar-refractivity contribution in [1.82, 2.24) is 9.29 Å². The van der Waals surface area contributed by atoms with Crippen molar-refractivity contribution >= 4 is 20.9 Å². The molecule has 0 aliphatic carbocycles. The summed E-state index contributed by atoms with van der Waals surface area (Å²) >= 11 is 0. The first-order valence-corrected chi connectivity index (χ1v) is 11.7. The van der Waals surface area contributed by atoms with E-state index in [2.05, 4.69) is 4.98 Å². The van der Waals surface area contributed by atoms with Crippen LogP contribution < -0.4 is 5.56 Å². The van der Waals surface area contributed by atoms with E-state index in [1.165, 1.54) is 16.4 Å². The predicted molar refractivity (Wildman–Crippen MR) is 123 cm³/mol. The van der Waals surface area contributed by atoms with Crippen LogP contribution >= 0.6 is 0 Å². The van der Waals surface area contributed by atoms with Crippen molar-refractivity contribution < 1.29 is 12.8 Å². The Hall–Kier alpha value is -3.29. The van der Waals surface area contributed by atoms with Crippen molar-refractivity contribution in [1.29, 1.82) is 0 Å². The monoisotopic (exact) mass is 450 g/mol. The molecule has 1 N–H and O–H groups in total. The Morgan fingerprint density at radius 3 is 2.38 bits per heavy atom. The zero-order chi connectivity index (χ0) is 22.7.